The van der Waals surface area contributed by atoms with E-state index in [2.05, 4.69) is 15.3 Å². The Bertz CT molecular complexity index is 400. The Morgan fingerprint density at radius 1 is 1.35 bits per heavy atom. The van der Waals surface area contributed by atoms with E-state index in [-0.39, 0.29) is 6.10 Å². The lowest BCUT2D eigenvalue weighted by atomic mass is 9.83. The number of nitrogens with one attached hydrogen (secondary N) is 1. The Hall–Kier alpha value is -1.36. The predicted molar refractivity (Wildman–Crippen MR) is 78.9 cm³/mol. The molecule has 1 aromatic heterocycles. The minimum atomic E-state index is -0.0928. The van der Waals surface area contributed by atoms with Crippen LogP contribution in [0.2, 0.25) is 0 Å². The summed E-state index contributed by atoms with van der Waals surface area (Å²) in [4.78, 5) is 8.41. The van der Waals surface area contributed by atoms with Gasteiger partial charge in [0, 0.05) is 6.54 Å². The number of ether oxygens (including phenoxy) is 1. The van der Waals surface area contributed by atoms with Gasteiger partial charge in [0.25, 0.3) is 0 Å². The molecule has 1 saturated carbocycles. The van der Waals surface area contributed by atoms with Gasteiger partial charge in [0.05, 0.1) is 25.1 Å². The highest BCUT2D eigenvalue weighted by Gasteiger charge is 2.22. The lowest BCUT2D eigenvalue weighted by molar-refractivity contribution is 0.0648. The molecule has 0 aliphatic heterocycles. The number of hydrogen-bond acceptors (Lipinski definition) is 5. The van der Waals surface area contributed by atoms with E-state index in [4.69, 9.17) is 4.74 Å². The summed E-state index contributed by atoms with van der Waals surface area (Å²) in [6.07, 6.45) is 9.93. The first kappa shape index (κ1) is 15.0. The molecule has 0 saturated heterocycles. The predicted octanol–water partition coefficient (Wildman–Crippen LogP) is 2.62. The van der Waals surface area contributed by atoms with Crippen LogP contribution in [0, 0.1) is 5.92 Å². The first-order valence-electron chi connectivity index (χ1n) is 7.66. The zero-order valence-electron chi connectivity index (χ0n) is 12.2. The third-order valence-electron chi connectivity index (χ3n) is 3.83. The molecular formula is C15H25N3O2. The average molecular weight is 279 g/mol. The summed E-state index contributed by atoms with van der Waals surface area (Å²) in [5.74, 6) is 1.78. The first-order chi connectivity index (χ1) is 9.79. The molecular weight excluding hydrogens is 254 g/mol. The molecule has 1 fully saturated rings. The smallest absolute Gasteiger partial charge is 0.234 e. The van der Waals surface area contributed by atoms with Gasteiger partial charge < -0.3 is 15.2 Å². The summed E-state index contributed by atoms with van der Waals surface area (Å²) >= 11 is 0. The molecule has 20 heavy (non-hydrogen) atoms. The Morgan fingerprint density at radius 2 is 2.20 bits per heavy atom. The van der Waals surface area contributed by atoms with Crippen LogP contribution >= 0.6 is 0 Å². The van der Waals surface area contributed by atoms with Crippen molar-refractivity contribution in [2.24, 2.45) is 5.92 Å². The zero-order valence-corrected chi connectivity index (χ0v) is 12.2. The van der Waals surface area contributed by atoms with Crippen LogP contribution in [0.25, 0.3) is 0 Å². The van der Waals surface area contributed by atoms with Crippen LogP contribution in [-0.2, 0) is 0 Å². The second-order valence-corrected chi connectivity index (χ2v) is 5.36. The fourth-order valence-electron chi connectivity index (χ4n) is 2.76. The Morgan fingerprint density at radius 3 is 3.00 bits per heavy atom. The molecule has 2 N–H and O–H groups in total. The van der Waals surface area contributed by atoms with Crippen LogP contribution in [0.1, 0.15) is 45.4 Å². The molecule has 1 aliphatic carbocycles. The average Bonchev–Trinajstić information content (AvgIpc) is 2.46. The van der Waals surface area contributed by atoms with E-state index in [1.165, 1.54) is 19.3 Å². The van der Waals surface area contributed by atoms with Gasteiger partial charge in [-0.05, 0) is 38.5 Å². The third-order valence-corrected chi connectivity index (χ3v) is 3.83. The van der Waals surface area contributed by atoms with Crippen molar-refractivity contribution < 1.29 is 9.84 Å². The van der Waals surface area contributed by atoms with Gasteiger partial charge in [-0.1, -0.05) is 12.8 Å². The van der Waals surface area contributed by atoms with Gasteiger partial charge in [-0.2, -0.15) is 4.98 Å². The molecule has 1 aromatic rings. The standard InChI is InChI=1S/C15H25N3O2/c1-2-20-15-11-16-10-14(18-15)17-9-5-7-12-6-3-4-8-13(12)19/h10-13,19H,2-9H2,1H3,(H,17,18). The molecule has 0 bridgehead atoms. The number of aliphatic hydroxyl groups is 1. The quantitative estimate of drug-likeness (QED) is 0.751. The van der Waals surface area contributed by atoms with Crippen molar-refractivity contribution in [3.8, 4) is 5.88 Å². The van der Waals surface area contributed by atoms with Gasteiger partial charge >= 0.3 is 0 Å². The van der Waals surface area contributed by atoms with Gasteiger partial charge in [-0.15, -0.1) is 0 Å². The summed E-state index contributed by atoms with van der Waals surface area (Å²) in [5, 5.41) is 13.2. The van der Waals surface area contributed by atoms with Gasteiger partial charge in [0.15, 0.2) is 0 Å². The van der Waals surface area contributed by atoms with Crippen molar-refractivity contribution in [3.63, 3.8) is 0 Å². The van der Waals surface area contributed by atoms with Crippen LogP contribution in [-0.4, -0.2) is 34.3 Å². The maximum Gasteiger partial charge on any atom is 0.234 e. The number of nitrogens with zero attached hydrogens (tertiary/aromatic N) is 2. The van der Waals surface area contributed by atoms with E-state index in [0.29, 0.717) is 18.4 Å². The van der Waals surface area contributed by atoms with Gasteiger partial charge in [-0.25, -0.2) is 0 Å². The van der Waals surface area contributed by atoms with E-state index in [1.54, 1.807) is 12.4 Å². The van der Waals surface area contributed by atoms with Crippen LogP contribution in [0.4, 0.5) is 5.82 Å². The highest BCUT2D eigenvalue weighted by atomic mass is 16.5. The summed E-state index contributed by atoms with van der Waals surface area (Å²) in [7, 11) is 0. The largest absolute Gasteiger partial charge is 0.477 e. The van der Waals surface area contributed by atoms with Crippen molar-refractivity contribution in [2.45, 2.75) is 51.6 Å². The number of hydrogen-bond donors (Lipinski definition) is 2. The van der Waals surface area contributed by atoms with Gasteiger partial charge in [-0.3, -0.25) is 4.98 Å². The summed E-state index contributed by atoms with van der Waals surface area (Å²) in [5.41, 5.74) is 0. The third kappa shape index (κ3) is 4.63. The van der Waals surface area contributed by atoms with Crippen molar-refractivity contribution in [3.05, 3.63) is 12.4 Å². The second-order valence-electron chi connectivity index (χ2n) is 5.36. The van der Waals surface area contributed by atoms with E-state index in [0.717, 1.165) is 31.6 Å². The zero-order chi connectivity index (χ0) is 14.2. The molecule has 1 aliphatic rings. The molecule has 2 rings (SSSR count). The molecule has 1 heterocycles. The molecule has 5 heteroatoms. The molecule has 0 spiro atoms. The molecule has 2 atom stereocenters. The maximum absolute atomic E-state index is 9.92. The van der Waals surface area contributed by atoms with Crippen LogP contribution < -0.4 is 10.1 Å². The minimum absolute atomic E-state index is 0.0928. The fourth-order valence-corrected chi connectivity index (χ4v) is 2.76. The topological polar surface area (TPSA) is 67.3 Å². The SMILES string of the molecule is CCOc1cncc(NCCCC2CCCCC2O)n1. The molecule has 0 radical (unpaired) electrons. The van der Waals surface area contributed by atoms with Crippen molar-refractivity contribution in [1.29, 1.82) is 0 Å². The summed E-state index contributed by atoms with van der Waals surface area (Å²) < 4.78 is 5.32. The summed E-state index contributed by atoms with van der Waals surface area (Å²) in [6, 6.07) is 0. The van der Waals surface area contributed by atoms with Gasteiger partial charge in [0.2, 0.25) is 5.88 Å². The lowest BCUT2D eigenvalue weighted by Crippen LogP contribution is -2.24. The van der Waals surface area contributed by atoms with Crippen LogP contribution in [0.5, 0.6) is 5.88 Å². The molecule has 112 valence electrons. The van der Waals surface area contributed by atoms with E-state index >= 15 is 0 Å². The first-order valence-corrected chi connectivity index (χ1v) is 7.66. The molecule has 0 aromatic carbocycles. The highest BCUT2D eigenvalue weighted by molar-refractivity contribution is 5.32. The van der Waals surface area contributed by atoms with E-state index in [9.17, 15) is 5.11 Å². The number of aliphatic hydroxyl groups excluding tert-OH is 1. The Balaban J connectivity index is 1.68. The summed E-state index contributed by atoms with van der Waals surface area (Å²) in [6.45, 7) is 3.38. The van der Waals surface area contributed by atoms with Crippen molar-refractivity contribution in [2.75, 3.05) is 18.5 Å². The number of anilines is 1. The molecule has 0 amide bonds. The number of aromatic nitrogens is 2. The molecule has 2 unspecified atom stereocenters. The molecule has 5 nitrogen and oxygen atoms in total. The normalized spacial score (nSPS) is 22.5. The monoisotopic (exact) mass is 279 g/mol. The Labute approximate surface area is 120 Å². The van der Waals surface area contributed by atoms with Crippen molar-refractivity contribution >= 4 is 5.82 Å². The maximum atomic E-state index is 9.92. The number of rotatable bonds is 7. The van der Waals surface area contributed by atoms with Gasteiger partial charge in [0.1, 0.15) is 5.82 Å². The lowest BCUT2D eigenvalue weighted by Gasteiger charge is -2.27. The highest BCUT2D eigenvalue weighted by Crippen LogP contribution is 2.27. The van der Waals surface area contributed by atoms with Crippen LogP contribution in [0.3, 0.4) is 0 Å². The van der Waals surface area contributed by atoms with Crippen molar-refractivity contribution in [1.82, 2.24) is 9.97 Å². The minimum Gasteiger partial charge on any atom is -0.477 e. The second kappa shape index (κ2) is 8.04. The van der Waals surface area contributed by atoms with E-state index < -0.39 is 0 Å². The fraction of sp³-hybridized carbons (Fsp3) is 0.733. The van der Waals surface area contributed by atoms with E-state index in [1.807, 2.05) is 6.92 Å². The van der Waals surface area contributed by atoms with Crippen LogP contribution in [0.15, 0.2) is 12.4 Å². The Kier molecular flexibility index (Phi) is 6.05.